The normalized spacial score (nSPS) is 15.0. The molecule has 3 rings (SSSR count). The second-order valence-corrected chi connectivity index (χ2v) is 6.76. The summed E-state index contributed by atoms with van der Waals surface area (Å²) in [4.78, 5) is 12.7. The van der Waals surface area contributed by atoms with E-state index in [1.165, 1.54) is 6.08 Å². The van der Waals surface area contributed by atoms with E-state index in [4.69, 9.17) is 16.3 Å². The van der Waals surface area contributed by atoms with E-state index in [0.29, 0.717) is 10.6 Å². The number of halogens is 1. The van der Waals surface area contributed by atoms with Gasteiger partial charge in [-0.1, -0.05) is 29.8 Å². The highest BCUT2D eigenvalue weighted by Gasteiger charge is 2.29. The van der Waals surface area contributed by atoms with Gasteiger partial charge in [-0.3, -0.25) is 4.79 Å². The van der Waals surface area contributed by atoms with Crippen molar-refractivity contribution < 1.29 is 19.7 Å². The summed E-state index contributed by atoms with van der Waals surface area (Å²) in [6.07, 6.45) is 6.41. The van der Waals surface area contributed by atoms with Gasteiger partial charge in [-0.15, -0.1) is 0 Å². The number of rotatable bonds is 3. The first-order valence-electron chi connectivity index (χ1n) is 7.72. The summed E-state index contributed by atoms with van der Waals surface area (Å²) in [6, 6.07) is 8.20. The monoisotopic (exact) mass is 356 g/mol. The lowest BCUT2D eigenvalue weighted by Crippen LogP contribution is -2.28. The fraction of sp³-hybridized carbons (Fsp3) is 0.150. The molecule has 25 heavy (non-hydrogen) atoms. The molecule has 1 heterocycles. The Morgan fingerprint density at radius 2 is 1.96 bits per heavy atom. The van der Waals surface area contributed by atoms with Gasteiger partial charge < -0.3 is 14.9 Å². The molecular formula is C20H17ClO4. The number of fused-ring (bicyclic) bond motifs is 1. The Hall–Kier alpha value is -2.72. The Morgan fingerprint density at radius 3 is 2.68 bits per heavy atom. The Balaban J connectivity index is 2.03. The van der Waals surface area contributed by atoms with Gasteiger partial charge in [0.15, 0.2) is 5.78 Å². The first-order chi connectivity index (χ1) is 11.8. The van der Waals surface area contributed by atoms with Crippen LogP contribution in [0.1, 0.15) is 35.3 Å². The molecule has 1 aliphatic rings. The van der Waals surface area contributed by atoms with E-state index in [1.807, 2.05) is 19.9 Å². The zero-order valence-electron chi connectivity index (χ0n) is 13.8. The molecule has 2 aromatic rings. The first kappa shape index (κ1) is 17.1. The Morgan fingerprint density at radius 1 is 1.20 bits per heavy atom. The summed E-state index contributed by atoms with van der Waals surface area (Å²) in [6.45, 7) is 3.65. The molecule has 0 bridgehead atoms. The van der Waals surface area contributed by atoms with Gasteiger partial charge in [0, 0.05) is 11.1 Å². The second kappa shape index (κ2) is 6.30. The topological polar surface area (TPSA) is 66.8 Å². The molecule has 0 aromatic heterocycles. The number of phenolic OH excluding ortho intramolecular Hbond substituents is 2. The Kier molecular flexibility index (Phi) is 4.31. The van der Waals surface area contributed by atoms with E-state index >= 15 is 0 Å². The number of carbonyl (C=O) groups excluding carboxylic acids is 1. The number of carbonyl (C=O) groups is 1. The minimum absolute atomic E-state index is 0.0171. The van der Waals surface area contributed by atoms with Crippen LogP contribution in [0.3, 0.4) is 0 Å². The second-order valence-electron chi connectivity index (χ2n) is 6.32. The summed E-state index contributed by atoms with van der Waals surface area (Å²) >= 11 is 5.93. The molecule has 0 amide bonds. The number of allylic oxidation sites excluding steroid dienone is 1. The number of aromatic hydroxyl groups is 2. The molecular weight excluding hydrogens is 340 g/mol. The van der Waals surface area contributed by atoms with Gasteiger partial charge in [0.2, 0.25) is 0 Å². The van der Waals surface area contributed by atoms with Crippen LogP contribution in [0.15, 0.2) is 42.5 Å². The van der Waals surface area contributed by atoms with Crippen LogP contribution >= 0.6 is 11.6 Å². The summed E-state index contributed by atoms with van der Waals surface area (Å²) in [5, 5.41) is 20.8. The molecule has 0 atom stereocenters. The van der Waals surface area contributed by atoms with Crippen molar-refractivity contribution >= 4 is 29.5 Å². The summed E-state index contributed by atoms with van der Waals surface area (Å²) in [5.74, 6) is -0.733. The molecule has 0 saturated heterocycles. The van der Waals surface area contributed by atoms with E-state index in [2.05, 4.69) is 0 Å². The van der Waals surface area contributed by atoms with Gasteiger partial charge in [-0.25, -0.2) is 0 Å². The lowest BCUT2D eigenvalue weighted by Gasteiger charge is -2.29. The van der Waals surface area contributed by atoms with Crippen molar-refractivity contribution in [2.45, 2.75) is 19.4 Å². The molecule has 0 unspecified atom stereocenters. The van der Waals surface area contributed by atoms with Crippen molar-refractivity contribution in [2.75, 3.05) is 0 Å². The molecule has 4 nitrogen and oxygen atoms in total. The highest BCUT2D eigenvalue weighted by atomic mass is 35.5. The van der Waals surface area contributed by atoms with Crippen LogP contribution in [0.5, 0.6) is 17.2 Å². The van der Waals surface area contributed by atoms with Gasteiger partial charge in [-0.2, -0.15) is 0 Å². The highest BCUT2D eigenvalue weighted by molar-refractivity contribution is 6.30. The average Bonchev–Trinajstić information content (AvgIpc) is 2.51. The van der Waals surface area contributed by atoms with Gasteiger partial charge >= 0.3 is 0 Å². The average molecular weight is 357 g/mol. The lowest BCUT2D eigenvalue weighted by molar-refractivity contribution is 0.103. The third kappa shape index (κ3) is 3.54. The van der Waals surface area contributed by atoms with Crippen molar-refractivity contribution in [3.63, 3.8) is 0 Å². The fourth-order valence-corrected chi connectivity index (χ4v) is 2.80. The van der Waals surface area contributed by atoms with E-state index in [1.54, 1.807) is 36.4 Å². The lowest BCUT2D eigenvalue weighted by atomic mass is 9.96. The summed E-state index contributed by atoms with van der Waals surface area (Å²) in [7, 11) is 0. The van der Waals surface area contributed by atoms with Crippen molar-refractivity contribution in [1.29, 1.82) is 0 Å². The van der Waals surface area contributed by atoms with Gasteiger partial charge in [0.05, 0.1) is 5.56 Å². The molecule has 128 valence electrons. The summed E-state index contributed by atoms with van der Waals surface area (Å²) in [5.41, 5.74) is 0.494. The highest BCUT2D eigenvalue weighted by Crippen LogP contribution is 2.43. The van der Waals surface area contributed by atoms with Crippen molar-refractivity contribution in [3.8, 4) is 17.2 Å². The molecule has 2 N–H and O–H groups in total. The van der Waals surface area contributed by atoms with Gasteiger partial charge in [0.1, 0.15) is 28.4 Å². The van der Waals surface area contributed by atoms with Crippen LogP contribution in [0.2, 0.25) is 5.02 Å². The van der Waals surface area contributed by atoms with Crippen LogP contribution in [0.25, 0.3) is 12.2 Å². The SMILES string of the molecule is CC1(C)C=Cc2c(O)cc(O)c(C(=O)/C=C/c3cccc(Cl)c3)c2O1. The molecule has 5 heteroatoms. The maximum Gasteiger partial charge on any atom is 0.193 e. The van der Waals surface area contributed by atoms with E-state index in [-0.39, 0.29) is 22.8 Å². The molecule has 0 fully saturated rings. The van der Waals surface area contributed by atoms with E-state index in [9.17, 15) is 15.0 Å². The minimum Gasteiger partial charge on any atom is -0.507 e. The van der Waals surface area contributed by atoms with Crippen LogP contribution in [0, 0.1) is 0 Å². The van der Waals surface area contributed by atoms with Gasteiger partial charge in [0.25, 0.3) is 0 Å². The van der Waals surface area contributed by atoms with E-state index < -0.39 is 11.4 Å². The quantitative estimate of drug-likeness (QED) is 0.610. The zero-order chi connectivity index (χ0) is 18.2. The standard InChI is InChI=1S/C20H17ClO4/c1-20(2)9-8-14-16(23)11-17(24)18(19(14)25-20)15(22)7-6-12-4-3-5-13(21)10-12/h3-11,23-24H,1-2H3/b7-6+. The van der Waals surface area contributed by atoms with Crippen LogP contribution in [-0.4, -0.2) is 21.6 Å². The number of ketones is 1. The number of phenols is 2. The molecule has 0 spiro atoms. The first-order valence-corrected chi connectivity index (χ1v) is 8.10. The van der Waals surface area contributed by atoms with Crippen molar-refractivity contribution in [3.05, 3.63) is 64.2 Å². The maximum atomic E-state index is 12.7. The number of hydrogen-bond acceptors (Lipinski definition) is 4. The molecule has 0 radical (unpaired) electrons. The third-order valence-electron chi connectivity index (χ3n) is 3.82. The predicted molar refractivity (Wildman–Crippen MR) is 98.3 cm³/mol. The fourth-order valence-electron chi connectivity index (χ4n) is 2.60. The molecule has 0 saturated carbocycles. The third-order valence-corrected chi connectivity index (χ3v) is 4.05. The number of benzene rings is 2. The maximum absolute atomic E-state index is 12.7. The zero-order valence-corrected chi connectivity index (χ0v) is 14.5. The van der Waals surface area contributed by atoms with Gasteiger partial charge in [-0.05, 0) is 49.8 Å². The molecule has 1 aliphatic heterocycles. The Labute approximate surface area is 150 Å². The number of ether oxygens (including phenoxy) is 1. The smallest absolute Gasteiger partial charge is 0.193 e. The van der Waals surface area contributed by atoms with E-state index in [0.717, 1.165) is 11.6 Å². The molecule has 2 aromatic carbocycles. The number of hydrogen-bond donors (Lipinski definition) is 2. The largest absolute Gasteiger partial charge is 0.507 e. The summed E-state index contributed by atoms with van der Waals surface area (Å²) < 4.78 is 5.82. The van der Waals surface area contributed by atoms with Crippen molar-refractivity contribution in [1.82, 2.24) is 0 Å². The van der Waals surface area contributed by atoms with Crippen molar-refractivity contribution in [2.24, 2.45) is 0 Å². The minimum atomic E-state index is -0.654. The molecule has 0 aliphatic carbocycles. The Bertz CT molecular complexity index is 910. The van der Waals surface area contributed by atoms with Crippen LogP contribution in [0.4, 0.5) is 0 Å². The van der Waals surface area contributed by atoms with Crippen LogP contribution in [-0.2, 0) is 0 Å². The predicted octanol–water partition coefficient (Wildman–Crippen LogP) is 4.83. The van der Waals surface area contributed by atoms with Crippen LogP contribution < -0.4 is 4.74 Å².